The maximum Gasteiger partial charge on any atom is 0.328 e. The minimum atomic E-state index is -0.600. The van der Waals surface area contributed by atoms with Gasteiger partial charge >= 0.3 is 5.69 Å². The molecule has 1 aromatic heterocycles. The summed E-state index contributed by atoms with van der Waals surface area (Å²) >= 11 is 3.53. The second-order valence-corrected chi connectivity index (χ2v) is 6.59. The molecule has 1 aromatic carbocycles. The highest BCUT2D eigenvalue weighted by Gasteiger charge is 2.33. The molecule has 2 aromatic rings. The lowest BCUT2D eigenvalue weighted by Gasteiger charge is -2.22. The second-order valence-electron chi connectivity index (χ2n) is 5.74. The molecule has 0 saturated carbocycles. The van der Waals surface area contributed by atoms with Crippen molar-refractivity contribution >= 4 is 27.0 Å². The summed E-state index contributed by atoms with van der Waals surface area (Å²) in [4.78, 5) is 12.0. The number of aromatic nitrogens is 2. The SMILES string of the molecule is CC1OCCC1C(O)c1cc2c(cc1Br)n(C)c(=O)n2C. The predicted octanol–water partition coefficient (Wildman–Crippen LogP) is 2.10. The summed E-state index contributed by atoms with van der Waals surface area (Å²) in [6.07, 6.45) is 0.291. The van der Waals surface area contributed by atoms with E-state index in [0.29, 0.717) is 6.61 Å². The number of aliphatic hydroxyl groups excluding tert-OH is 1. The topological polar surface area (TPSA) is 56.4 Å². The molecule has 0 aliphatic carbocycles. The Labute approximate surface area is 131 Å². The molecule has 3 unspecified atom stereocenters. The first-order valence-electron chi connectivity index (χ1n) is 7.06. The number of imidazole rings is 1. The van der Waals surface area contributed by atoms with Gasteiger partial charge in [0.2, 0.25) is 0 Å². The van der Waals surface area contributed by atoms with E-state index in [1.165, 1.54) is 0 Å². The van der Waals surface area contributed by atoms with Crippen LogP contribution in [0.5, 0.6) is 0 Å². The summed E-state index contributed by atoms with van der Waals surface area (Å²) in [7, 11) is 3.50. The Kier molecular flexibility index (Phi) is 3.71. The molecule has 3 atom stereocenters. The normalized spacial score (nSPS) is 23.9. The third kappa shape index (κ3) is 2.25. The molecule has 114 valence electrons. The summed E-state index contributed by atoms with van der Waals surface area (Å²) in [6, 6.07) is 3.80. The van der Waals surface area contributed by atoms with E-state index in [4.69, 9.17) is 4.74 Å². The number of fused-ring (bicyclic) bond motifs is 1. The number of halogens is 1. The van der Waals surface area contributed by atoms with Crippen LogP contribution in [-0.2, 0) is 18.8 Å². The minimum Gasteiger partial charge on any atom is -0.388 e. The average molecular weight is 355 g/mol. The van der Waals surface area contributed by atoms with Gasteiger partial charge in [-0.15, -0.1) is 0 Å². The largest absolute Gasteiger partial charge is 0.388 e. The molecule has 1 fully saturated rings. The molecule has 1 aliphatic heterocycles. The fraction of sp³-hybridized carbons (Fsp3) is 0.533. The molecular weight excluding hydrogens is 336 g/mol. The Bertz CT molecular complexity index is 749. The average Bonchev–Trinajstić information content (AvgIpc) is 2.97. The van der Waals surface area contributed by atoms with Gasteiger partial charge in [-0.2, -0.15) is 0 Å². The number of aliphatic hydroxyl groups is 1. The van der Waals surface area contributed by atoms with Gasteiger partial charge in [0.1, 0.15) is 0 Å². The third-order valence-corrected chi connectivity index (χ3v) is 5.24. The Morgan fingerprint density at radius 2 is 1.95 bits per heavy atom. The zero-order valence-corrected chi connectivity index (χ0v) is 13.9. The van der Waals surface area contributed by atoms with Gasteiger partial charge in [-0.25, -0.2) is 4.79 Å². The van der Waals surface area contributed by atoms with Crippen molar-refractivity contribution in [3.63, 3.8) is 0 Å². The Hall–Kier alpha value is -1.11. The number of ether oxygens (including phenoxy) is 1. The second kappa shape index (κ2) is 5.26. The van der Waals surface area contributed by atoms with Gasteiger partial charge in [-0.1, -0.05) is 15.9 Å². The molecule has 0 bridgehead atoms. The lowest BCUT2D eigenvalue weighted by Crippen LogP contribution is -2.20. The highest BCUT2D eigenvalue weighted by Crippen LogP contribution is 2.37. The fourth-order valence-electron chi connectivity index (χ4n) is 3.16. The molecule has 0 spiro atoms. The molecule has 0 amide bonds. The van der Waals surface area contributed by atoms with Gasteiger partial charge in [0, 0.05) is 31.1 Å². The van der Waals surface area contributed by atoms with Gasteiger partial charge in [0.25, 0.3) is 0 Å². The van der Waals surface area contributed by atoms with E-state index < -0.39 is 6.10 Å². The maximum absolute atomic E-state index is 12.0. The quantitative estimate of drug-likeness (QED) is 0.898. The smallest absolute Gasteiger partial charge is 0.328 e. The molecule has 0 radical (unpaired) electrons. The van der Waals surface area contributed by atoms with Crippen LogP contribution in [0, 0.1) is 5.92 Å². The van der Waals surface area contributed by atoms with Crippen LogP contribution in [-0.4, -0.2) is 27.0 Å². The summed E-state index contributed by atoms with van der Waals surface area (Å²) in [5.41, 5.74) is 2.42. The van der Waals surface area contributed by atoms with E-state index in [1.54, 1.807) is 23.2 Å². The predicted molar refractivity (Wildman–Crippen MR) is 84.3 cm³/mol. The number of benzene rings is 1. The van der Waals surface area contributed by atoms with Crippen molar-refractivity contribution in [3.05, 3.63) is 32.7 Å². The molecule has 2 heterocycles. The summed E-state index contributed by atoms with van der Waals surface area (Å²) in [5.74, 6) is 0.0829. The lowest BCUT2D eigenvalue weighted by atomic mass is 9.90. The zero-order valence-electron chi connectivity index (χ0n) is 12.3. The highest BCUT2D eigenvalue weighted by atomic mass is 79.9. The highest BCUT2D eigenvalue weighted by molar-refractivity contribution is 9.10. The standard InChI is InChI=1S/C15H19BrN2O3/c1-8-9(4-5-21-8)14(19)10-6-12-13(7-11(10)16)18(3)15(20)17(12)2/h6-9,14,19H,4-5H2,1-3H3. The van der Waals surface area contributed by atoms with E-state index in [1.807, 2.05) is 19.1 Å². The number of aryl methyl sites for hydroxylation is 2. The van der Waals surface area contributed by atoms with Crippen molar-refractivity contribution in [1.82, 2.24) is 9.13 Å². The van der Waals surface area contributed by atoms with E-state index in [9.17, 15) is 9.90 Å². The summed E-state index contributed by atoms with van der Waals surface area (Å²) < 4.78 is 9.58. The van der Waals surface area contributed by atoms with Gasteiger partial charge in [-0.3, -0.25) is 9.13 Å². The van der Waals surface area contributed by atoms with Crippen LogP contribution in [0.2, 0.25) is 0 Å². The molecule has 6 heteroatoms. The van der Waals surface area contributed by atoms with Crippen molar-refractivity contribution in [3.8, 4) is 0 Å². The Morgan fingerprint density at radius 1 is 1.33 bits per heavy atom. The Morgan fingerprint density at radius 3 is 2.52 bits per heavy atom. The Balaban J connectivity index is 2.13. The number of rotatable bonds is 2. The van der Waals surface area contributed by atoms with Gasteiger partial charge < -0.3 is 9.84 Å². The van der Waals surface area contributed by atoms with E-state index in [-0.39, 0.29) is 17.7 Å². The van der Waals surface area contributed by atoms with Crippen molar-refractivity contribution in [1.29, 1.82) is 0 Å². The van der Waals surface area contributed by atoms with Crippen LogP contribution in [0.1, 0.15) is 25.0 Å². The van der Waals surface area contributed by atoms with Crippen LogP contribution >= 0.6 is 15.9 Å². The van der Waals surface area contributed by atoms with Crippen molar-refractivity contribution in [2.24, 2.45) is 20.0 Å². The molecular formula is C15H19BrN2O3. The molecule has 1 N–H and O–H groups in total. The maximum atomic E-state index is 12.0. The van der Waals surface area contributed by atoms with Crippen LogP contribution in [0.4, 0.5) is 0 Å². The number of hydrogen-bond donors (Lipinski definition) is 1. The molecule has 1 saturated heterocycles. The van der Waals surface area contributed by atoms with Crippen LogP contribution in [0.15, 0.2) is 21.4 Å². The zero-order chi connectivity index (χ0) is 15.3. The summed E-state index contributed by atoms with van der Waals surface area (Å²) in [5, 5.41) is 10.7. The van der Waals surface area contributed by atoms with E-state index in [2.05, 4.69) is 15.9 Å². The van der Waals surface area contributed by atoms with E-state index in [0.717, 1.165) is 27.5 Å². The van der Waals surface area contributed by atoms with Gasteiger partial charge in [-0.05, 0) is 31.0 Å². The summed E-state index contributed by atoms with van der Waals surface area (Å²) in [6.45, 7) is 2.68. The first-order valence-corrected chi connectivity index (χ1v) is 7.85. The molecule has 21 heavy (non-hydrogen) atoms. The molecule has 1 aliphatic rings. The number of nitrogens with zero attached hydrogens (tertiary/aromatic N) is 2. The monoisotopic (exact) mass is 354 g/mol. The van der Waals surface area contributed by atoms with E-state index >= 15 is 0 Å². The van der Waals surface area contributed by atoms with Crippen molar-refractivity contribution < 1.29 is 9.84 Å². The first-order chi connectivity index (χ1) is 9.91. The first kappa shape index (κ1) is 14.8. The van der Waals surface area contributed by atoms with Crippen molar-refractivity contribution in [2.75, 3.05) is 6.61 Å². The van der Waals surface area contributed by atoms with Gasteiger partial charge in [0.15, 0.2) is 0 Å². The van der Waals surface area contributed by atoms with Crippen LogP contribution in [0.3, 0.4) is 0 Å². The molecule has 3 rings (SSSR count). The van der Waals surface area contributed by atoms with Gasteiger partial charge in [0.05, 0.1) is 23.2 Å². The van der Waals surface area contributed by atoms with Crippen LogP contribution < -0.4 is 5.69 Å². The number of hydrogen-bond acceptors (Lipinski definition) is 3. The fourth-order valence-corrected chi connectivity index (χ4v) is 3.72. The molecule has 5 nitrogen and oxygen atoms in total. The van der Waals surface area contributed by atoms with Crippen molar-refractivity contribution in [2.45, 2.75) is 25.6 Å². The van der Waals surface area contributed by atoms with Crippen LogP contribution in [0.25, 0.3) is 11.0 Å². The third-order valence-electron chi connectivity index (χ3n) is 4.55. The minimum absolute atomic E-state index is 0.0437. The lowest BCUT2D eigenvalue weighted by molar-refractivity contribution is 0.0429.